The number of nitrogens with one attached hydrogen (secondary N) is 2. The zero-order chi connectivity index (χ0) is 45.8. The van der Waals surface area contributed by atoms with E-state index in [1.807, 2.05) is 0 Å². The van der Waals surface area contributed by atoms with Gasteiger partial charge in [0.25, 0.3) is 0 Å². The van der Waals surface area contributed by atoms with Crippen LogP contribution in [0.1, 0.15) is 22.8 Å². The summed E-state index contributed by atoms with van der Waals surface area (Å²) in [6.07, 6.45) is 3.90. The number of rotatable bonds is 4. The lowest BCUT2D eigenvalue weighted by Crippen LogP contribution is -2.06. The van der Waals surface area contributed by atoms with Crippen LogP contribution in [0.5, 0.6) is 0 Å². The molecule has 20 heteroatoms. The van der Waals surface area contributed by atoms with Gasteiger partial charge in [0.1, 0.15) is 0 Å². The van der Waals surface area contributed by atoms with E-state index in [0.717, 1.165) is 36.4 Å². The van der Waals surface area contributed by atoms with E-state index in [9.17, 15) is 39.5 Å². The van der Waals surface area contributed by atoms with Crippen LogP contribution in [-0.2, 0) is 0 Å². The number of thiol groups is 1. The SMILES string of the molecule is Fc1c(F)c(F)c(-c2c3nc(c(-c4c(F)c(F)c(F)c(F)c4F)c4ccc([nH]4)c(-c4c(F)c(F)c(F)c(F)c4F)c4nc(c(-c5ccc(S)cc5)c5ccc2[nH]5)C=C4)C=C3)c(F)c1F. The van der Waals surface area contributed by atoms with Crippen LogP contribution in [0, 0.1) is 87.3 Å². The molecule has 0 unspecified atom stereocenters. The van der Waals surface area contributed by atoms with Gasteiger partial charge >= 0.3 is 0 Å². The van der Waals surface area contributed by atoms with E-state index >= 15 is 26.3 Å². The van der Waals surface area contributed by atoms with Crippen molar-refractivity contribution in [3.05, 3.63) is 159 Å². The number of hydrogen-bond donors (Lipinski definition) is 3. The molecule has 322 valence electrons. The molecule has 0 amide bonds. The van der Waals surface area contributed by atoms with Crippen LogP contribution in [0.15, 0.2) is 53.4 Å². The van der Waals surface area contributed by atoms with Crippen LogP contribution in [0.4, 0.5) is 65.9 Å². The molecule has 8 bridgehead atoms. The average molecular weight is 917 g/mol. The van der Waals surface area contributed by atoms with E-state index in [1.54, 1.807) is 0 Å². The van der Waals surface area contributed by atoms with Gasteiger partial charge in [0.05, 0.1) is 39.5 Å². The van der Waals surface area contributed by atoms with Crippen molar-refractivity contribution >= 4 is 59.0 Å². The molecule has 0 saturated carbocycles. The highest BCUT2D eigenvalue weighted by Gasteiger charge is 2.33. The standard InChI is InChI=1S/C44H15F15N4S/c45-30-27(31(46)37(52)42(57)36(30)51)24-17-7-5-15(60-17)23(13-1-3-14(64)4-2-13)16-6-8-18(61-16)25(28-32(47)38(53)43(58)39(54)33(28)48)20-10-12-22(63-20)26(21-11-9-19(24)62-21)29-34(49)40(55)44(59)41(56)35(29)50/h1-12,60,63-64H. The predicted octanol–water partition coefficient (Wildman–Crippen LogP) is 13.7. The maximum atomic E-state index is 15.8. The van der Waals surface area contributed by atoms with Crippen molar-refractivity contribution in [2.24, 2.45) is 0 Å². The smallest absolute Gasteiger partial charge is 0.200 e. The molecule has 2 aliphatic heterocycles. The Morgan fingerprint density at radius 1 is 0.281 bits per heavy atom. The molecule has 7 aromatic rings. The molecule has 0 saturated heterocycles. The normalized spacial score (nSPS) is 12.2. The molecule has 5 heterocycles. The summed E-state index contributed by atoms with van der Waals surface area (Å²) in [5, 5.41) is 0. The topological polar surface area (TPSA) is 57.4 Å². The fourth-order valence-electron chi connectivity index (χ4n) is 7.40. The van der Waals surface area contributed by atoms with Crippen molar-refractivity contribution in [2.45, 2.75) is 4.90 Å². The van der Waals surface area contributed by atoms with Crippen molar-refractivity contribution in [1.29, 1.82) is 0 Å². The molecule has 0 radical (unpaired) electrons. The monoisotopic (exact) mass is 916 g/mol. The number of fused-ring (bicyclic) bond motifs is 8. The van der Waals surface area contributed by atoms with Crippen molar-refractivity contribution < 1.29 is 65.9 Å². The average Bonchev–Trinajstić information content (AvgIpc) is 4.14. The van der Waals surface area contributed by atoms with Crippen molar-refractivity contribution in [3.63, 3.8) is 0 Å². The van der Waals surface area contributed by atoms with Crippen LogP contribution < -0.4 is 0 Å². The van der Waals surface area contributed by atoms with Gasteiger partial charge < -0.3 is 9.97 Å². The van der Waals surface area contributed by atoms with E-state index in [1.165, 1.54) is 36.4 Å². The lowest BCUT2D eigenvalue weighted by atomic mass is 10.0. The molecule has 4 nitrogen and oxygen atoms in total. The number of nitrogens with zero attached hydrogens (tertiary/aromatic N) is 2. The van der Waals surface area contributed by atoms with Crippen LogP contribution >= 0.6 is 12.6 Å². The van der Waals surface area contributed by atoms with Crippen LogP contribution in [0.25, 0.3) is 90.9 Å². The minimum Gasteiger partial charge on any atom is -0.354 e. The first kappa shape index (κ1) is 42.1. The van der Waals surface area contributed by atoms with Crippen molar-refractivity contribution in [3.8, 4) is 44.5 Å². The van der Waals surface area contributed by atoms with E-state index in [0.29, 0.717) is 4.90 Å². The molecule has 0 aliphatic carbocycles. The van der Waals surface area contributed by atoms with Gasteiger partial charge in [-0.2, -0.15) is 0 Å². The molecule has 2 aliphatic rings. The molecule has 2 N–H and O–H groups in total. The quantitative estimate of drug-likeness (QED) is 0.0713. The number of H-pyrrole nitrogens is 2. The lowest BCUT2D eigenvalue weighted by Gasteiger charge is -2.11. The fourth-order valence-corrected chi connectivity index (χ4v) is 7.55. The summed E-state index contributed by atoms with van der Waals surface area (Å²) in [4.78, 5) is 14.3. The zero-order valence-electron chi connectivity index (χ0n) is 30.9. The third-order valence-electron chi connectivity index (χ3n) is 10.3. The minimum absolute atomic E-state index is 0.0525. The van der Waals surface area contributed by atoms with Gasteiger partial charge in [0, 0.05) is 49.2 Å². The maximum absolute atomic E-state index is 15.8. The number of aromatic amines is 2. The highest BCUT2D eigenvalue weighted by atomic mass is 32.1. The summed E-state index contributed by atoms with van der Waals surface area (Å²) in [6.45, 7) is 0. The Labute approximate surface area is 352 Å². The lowest BCUT2D eigenvalue weighted by molar-refractivity contribution is 0.381. The molecule has 0 spiro atoms. The third-order valence-corrected chi connectivity index (χ3v) is 10.6. The molecule has 9 rings (SSSR count). The van der Waals surface area contributed by atoms with Gasteiger partial charge in [0.15, 0.2) is 69.8 Å². The first-order valence-corrected chi connectivity index (χ1v) is 18.4. The van der Waals surface area contributed by atoms with E-state index in [2.05, 4.69) is 32.6 Å². The van der Waals surface area contributed by atoms with Crippen LogP contribution in [0.3, 0.4) is 0 Å². The Bertz CT molecular complexity index is 3310. The molecule has 4 aromatic carbocycles. The van der Waals surface area contributed by atoms with E-state index < -0.39 is 154 Å². The molecule has 0 atom stereocenters. The van der Waals surface area contributed by atoms with Gasteiger partial charge in [-0.25, -0.2) is 75.8 Å². The summed E-state index contributed by atoms with van der Waals surface area (Å²) in [5.74, 6) is -36.7. The van der Waals surface area contributed by atoms with Gasteiger partial charge in [-0.3, -0.25) is 0 Å². The fraction of sp³-hybridized carbons (Fsp3) is 0. The highest BCUT2D eigenvalue weighted by Crippen LogP contribution is 2.43. The zero-order valence-corrected chi connectivity index (χ0v) is 31.8. The van der Waals surface area contributed by atoms with Crippen molar-refractivity contribution in [2.75, 3.05) is 0 Å². The summed E-state index contributed by atoms with van der Waals surface area (Å²) in [6, 6.07) is 10.0. The highest BCUT2D eigenvalue weighted by molar-refractivity contribution is 7.80. The summed E-state index contributed by atoms with van der Waals surface area (Å²) >= 11 is 4.27. The van der Waals surface area contributed by atoms with Crippen LogP contribution in [-0.4, -0.2) is 19.9 Å². The second-order valence-corrected chi connectivity index (χ2v) is 14.4. The number of hydrogen-bond acceptors (Lipinski definition) is 3. The summed E-state index contributed by atoms with van der Waals surface area (Å²) in [7, 11) is 0. The Morgan fingerprint density at radius 3 is 0.797 bits per heavy atom. The van der Waals surface area contributed by atoms with Gasteiger partial charge in [0.2, 0.25) is 17.5 Å². The Balaban J connectivity index is 1.56. The van der Waals surface area contributed by atoms with Gasteiger partial charge in [-0.1, -0.05) is 12.1 Å². The number of aromatic nitrogens is 4. The Kier molecular flexibility index (Phi) is 10.0. The number of halogens is 15. The molecule has 64 heavy (non-hydrogen) atoms. The summed E-state index contributed by atoms with van der Waals surface area (Å²) in [5.41, 5.74) is -11.5. The summed E-state index contributed by atoms with van der Waals surface area (Å²) < 4.78 is 227. The maximum Gasteiger partial charge on any atom is 0.200 e. The second kappa shape index (κ2) is 15.2. The molecule has 0 fully saturated rings. The molecule has 3 aromatic heterocycles. The second-order valence-electron chi connectivity index (χ2n) is 13.9. The Morgan fingerprint density at radius 2 is 0.516 bits per heavy atom. The van der Waals surface area contributed by atoms with Crippen molar-refractivity contribution in [1.82, 2.24) is 19.9 Å². The number of benzene rings is 4. The van der Waals surface area contributed by atoms with Crippen LogP contribution in [0.2, 0.25) is 0 Å². The van der Waals surface area contributed by atoms with E-state index in [-0.39, 0.29) is 22.3 Å². The minimum atomic E-state index is -2.61. The molecular weight excluding hydrogens is 902 g/mol. The first-order chi connectivity index (χ1) is 30.4. The molecular formula is C44H15F15N4S. The van der Waals surface area contributed by atoms with E-state index in [4.69, 9.17) is 0 Å². The third kappa shape index (κ3) is 6.28. The Hall–Kier alpha value is -7.22. The largest absolute Gasteiger partial charge is 0.354 e. The van der Waals surface area contributed by atoms with Gasteiger partial charge in [-0.15, -0.1) is 12.6 Å². The van der Waals surface area contributed by atoms with Gasteiger partial charge in [-0.05, 0) is 66.3 Å². The predicted molar refractivity (Wildman–Crippen MR) is 207 cm³/mol. The first-order valence-electron chi connectivity index (χ1n) is 17.9.